The lowest BCUT2D eigenvalue weighted by molar-refractivity contribution is -0.137. The van der Waals surface area contributed by atoms with E-state index in [4.69, 9.17) is 9.25 Å². The fourth-order valence-electron chi connectivity index (χ4n) is 3.29. The van der Waals surface area contributed by atoms with Crippen molar-refractivity contribution >= 4 is 32.9 Å². The van der Waals surface area contributed by atoms with Crippen LogP contribution in [-0.2, 0) is 19.7 Å². The van der Waals surface area contributed by atoms with Gasteiger partial charge in [-0.25, -0.2) is 8.42 Å². The summed E-state index contributed by atoms with van der Waals surface area (Å²) in [6.45, 7) is 0.857. The number of fused-ring (bicyclic) bond motifs is 1. The van der Waals surface area contributed by atoms with Crippen LogP contribution in [0.3, 0.4) is 0 Å². The van der Waals surface area contributed by atoms with Crippen LogP contribution in [0.2, 0.25) is 0 Å². The molecule has 3 aromatic rings. The van der Waals surface area contributed by atoms with E-state index in [1.165, 1.54) is 16.8 Å². The van der Waals surface area contributed by atoms with Crippen molar-refractivity contribution in [2.24, 2.45) is 5.16 Å². The molecule has 0 unspecified atom stereocenters. The highest BCUT2D eigenvalue weighted by Crippen LogP contribution is 2.22. The van der Waals surface area contributed by atoms with E-state index in [9.17, 15) is 13.2 Å². The normalized spacial score (nSPS) is 15.7. The van der Waals surface area contributed by atoms with Crippen LogP contribution >= 0.6 is 0 Å². The van der Waals surface area contributed by atoms with Crippen molar-refractivity contribution in [3.63, 3.8) is 0 Å². The second-order valence-corrected chi connectivity index (χ2v) is 8.76. The summed E-state index contributed by atoms with van der Waals surface area (Å²) >= 11 is 0. The highest BCUT2D eigenvalue weighted by atomic mass is 32.2. The van der Waals surface area contributed by atoms with E-state index in [0.717, 1.165) is 10.8 Å². The number of nitrogens with zero attached hydrogens (tertiary/aromatic N) is 3. The van der Waals surface area contributed by atoms with Crippen molar-refractivity contribution < 1.29 is 22.5 Å². The molecule has 30 heavy (non-hydrogen) atoms. The first-order valence-corrected chi connectivity index (χ1v) is 10.9. The van der Waals surface area contributed by atoms with Crippen molar-refractivity contribution in [3.05, 3.63) is 66.6 Å². The monoisotopic (exact) mass is 427 g/mol. The van der Waals surface area contributed by atoms with Crippen LogP contribution < -0.4 is 0 Å². The van der Waals surface area contributed by atoms with Gasteiger partial charge in [-0.1, -0.05) is 35.5 Å². The zero-order chi connectivity index (χ0) is 21.0. The molecular weight excluding hydrogens is 406 g/mol. The number of benzene rings is 2. The number of piperazine rings is 1. The number of rotatable bonds is 6. The maximum atomic E-state index is 13.0. The van der Waals surface area contributed by atoms with Crippen LogP contribution in [0.25, 0.3) is 10.8 Å². The van der Waals surface area contributed by atoms with Crippen molar-refractivity contribution in [1.29, 1.82) is 0 Å². The number of carbonyl (C=O) groups excluding carboxylic acids is 1. The first-order chi connectivity index (χ1) is 14.5. The number of hydrogen-bond acceptors (Lipinski definition) is 6. The van der Waals surface area contributed by atoms with Gasteiger partial charge in [0.1, 0.15) is 12.0 Å². The molecule has 1 aliphatic heterocycles. The zero-order valence-electron chi connectivity index (χ0n) is 16.2. The van der Waals surface area contributed by atoms with Crippen molar-refractivity contribution in [3.8, 4) is 0 Å². The van der Waals surface area contributed by atoms with Gasteiger partial charge in [-0.3, -0.25) is 4.79 Å². The molecule has 0 atom stereocenters. The summed E-state index contributed by atoms with van der Waals surface area (Å²) in [6.07, 6.45) is 2.89. The Bertz CT molecular complexity index is 1150. The predicted octanol–water partition coefficient (Wildman–Crippen LogP) is 2.32. The van der Waals surface area contributed by atoms with Crippen LogP contribution in [0.1, 0.15) is 5.76 Å². The molecule has 1 aliphatic rings. The van der Waals surface area contributed by atoms with Gasteiger partial charge in [-0.2, -0.15) is 4.31 Å². The molecule has 156 valence electrons. The fourth-order valence-corrected chi connectivity index (χ4v) is 4.75. The zero-order valence-corrected chi connectivity index (χ0v) is 17.0. The maximum absolute atomic E-state index is 13.0. The Kier molecular flexibility index (Phi) is 5.82. The first kappa shape index (κ1) is 20.1. The van der Waals surface area contributed by atoms with Crippen molar-refractivity contribution in [2.75, 3.05) is 32.8 Å². The number of sulfonamides is 1. The van der Waals surface area contributed by atoms with Crippen LogP contribution in [0.4, 0.5) is 0 Å². The Morgan fingerprint density at radius 3 is 2.53 bits per heavy atom. The minimum atomic E-state index is -3.62. The molecule has 0 bridgehead atoms. The quantitative estimate of drug-likeness (QED) is 0.445. The lowest BCUT2D eigenvalue weighted by atomic mass is 10.1. The van der Waals surface area contributed by atoms with E-state index in [0.29, 0.717) is 18.8 Å². The third kappa shape index (κ3) is 4.37. The van der Waals surface area contributed by atoms with E-state index < -0.39 is 10.0 Å². The Hall–Kier alpha value is -3.17. The smallest absolute Gasteiger partial charge is 0.263 e. The van der Waals surface area contributed by atoms with Gasteiger partial charge >= 0.3 is 0 Å². The largest absolute Gasteiger partial charge is 0.463 e. The van der Waals surface area contributed by atoms with Crippen LogP contribution in [0.15, 0.2) is 75.3 Å². The first-order valence-electron chi connectivity index (χ1n) is 9.49. The fraction of sp³-hybridized carbons (Fsp3) is 0.238. The number of carbonyl (C=O) groups is 1. The average molecular weight is 427 g/mol. The van der Waals surface area contributed by atoms with Crippen molar-refractivity contribution in [2.45, 2.75) is 4.90 Å². The topological polar surface area (TPSA) is 92.4 Å². The van der Waals surface area contributed by atoms with E-state index >= 15 is 0 Å². The van der Waals surface area contributed by atoms with E-state index in [-0.39, 0.29) is 30.5 Å². The highest BCUT2D eigenvalue weighted by Gasteiger charge is 2.30. The number of furan rings is 1. The van der Waals surface area contributed by atoms with Gasteiger partial charge in [0.15, 0.2) is 6.61 Å². The molecule has 1 fully saturated rings. The molecule has 1 saturated heterocycles. The number of amides is 1. The molecule has 0 radical (unpaired) electrons. The molecule has 2 aromatic carbocycles. The van der Waals surface area contributed by atoms with E-state index in [1.807, 2.05) is 30.3 Å². The lowest BCUT2D eigenvalue weighted by Gasteiger charge is -2.33. The Morgan fingerprint density at radius 2 is 1.80 bits per heavy atom. The summed E-state index contributed by atoms with van der Waals surface area (Å²) in [5.41, 5.74) is 0. The minimum Gasteiger partial charge on any atom is -0.463 e. The highest BCUT2D eigenvalue weighted by molar-refractivity contribution is 7.89. The van der Waals surface area contributed by atoms with Gasteiger partial charge in [0, 0.05) is 26.2 Å². The third-order valence-corrected chi connectivity index (χ3v) is 6.83. The number of oxime groups is 1. The van der Waals surface area contributed by atoms with Gasteiger partial charge in [-0.05, 0) is 35.0 Å². The summed E-state index contributed by atoms with van der Waals surface area (Å²) in [7, 11) is -3.62. The Morgan fingerprint density at radius 1 is 1.03 bits per heavy atom. The summed E-state index contributed by atoms with van der Waals surface area (Å²) in [5.74, 6) is 0.282. The van der Waals surface area contributed by atoms with Gasteiger partial charge in [0.2, 0.25) is 10.0 Å². The summed E-state index contributed by atoms with van der Waals surface area (Å²) in [4.78, 5) is 19.1. The molecule has 1 amide bonds. The van der Waals surface area contributed by atoms with Gasteiger partial charge < -0.3 is 14.2 Å². The second kappa shape index (κ2) is 8.68. The Labute approximate surface area is 174 Å². The molecule has 0 aliphatic carbocycles. The third-order valence-electron chi connectivity index (χ3n) is 4.94. The summed E-state index contributed by atoms with van der Waals surface area (Å²) < 4.78 is 32.5. The van der Waals surface area contributed by atoms with Crippen LogP contribution in [-0.4, -0.2) is 62.5 Å². The molecule has 0 spiro atoms. The molecule has 0 saturated carbocycles. The van der Waals surface area contributed by atoms with Crippen LogP contribution in [0, 0.1) is 0 Å². The molecule has 9 heteroatoms. The van der Waals surface area contributed by atoms with Crippen LogP contribution in [0.5, 0.6) is 0 Å². The summed E-state index contributed by atoms with van der Waals surface area (Å²) in [6, 6.07) is 16.2. The molecule has 1 aromatic heterocycles. The molecule has 4 rings (SSSR count). The molecule has 8 nitrogen and oxygen atoms in total. The van der Waals surface area contributed by atoms with Crippen molar-refractivity contribution in [1.82, 2.24) is 9.21 Å². The summed E-state index contributed by atoms with van der Waals surface area (Å²) in [5, 5.41) is 5.56. The SMILES string of the molecule is O=C(CO/N=C/c1ccco1)N1CCN(S(=O)(=O)c2ccc3ccccc3c2)CC1. The van der Waals surface area contributed by atoms with E-state index in [1.54, 1.807) is 29.2 Å². The Balaban J connectivity index is 1.33. The average Bonchev–Trinajstić information content (AvgIpc) is 3.30. The van der Waals surface area contributed by atoms with E-state index in [2.05, 4.69) is 5.16 Å². The molecular formula is C21H21N3O5S. The predicted molar refractivity (Wildman–Crippen MR) is 112 cm³/mol. The second-order valence-electron chi connectivity index (χ2n) is 6.82. The number of hydrogen-bond donors (Lipinski definition) is 0. The van der Waals surface area contributed by atoms with Gasteiger partial charge in [0.25, 0.3) is 5.91 Å². The van der Waals surface area contributed by atoms with Gasteiger partial charge in [0.05, 0.1) is 11.2 Å². The maximum Gasteiger partial charge on any atom is 0.263 e. The lowest BCUT2D eigenvalue weighted by Crippen LogP contribution is -2.51. The standard InChI is InChI=1S/C21H21N3O5S/c25-21(16-29-22-15-19-6-3-13-28-19)23-9-11-24(12-10-23)30(26,27)20-8-7-17-4-1-2-5-18(17)14-20/h1-8,13-15H,9-12,16H2/b22-15+. The molecule has 0 N–H and O–H groups in total. The molecule has 2 heterocycles. The minimum absolute atomic E-state index is 0.214. The van der Waals surface area contributed by atoms with Gasteiger partial charge in [-0.15, -0.1) is 0 Å².